The zero-order valence-corrected chi connectivity index (χ0v) is 14.6. The largest absolute Gasteiger partial charge is 0.378 e. The molecule has 0 bridgehead atoms. The van der Waals surface area contributed by atoms with Gasteiger partial charge in [0.05, 0.1) is 17.5 Å². The Morgan fingerprint density at radius 2 is 2.00 bits per heavy atom. The minimum Gasteiger partial charge on any atom is -0.378 e. The third-order valence-electron chi connectivity index (χ3n) is 4.78. The highest BCUT2D eigenvalue weighted by atomic mass is 16.5. The number of anilines is 2. The van der Waals surface area contributed by atoms with E-state index >= 15 is 0 Å². The Morgan fingerprint density at radius 1 is 1.20 bits per heavy atom. The smallest absolute Gasteiger partial charge is 0.319 e. The summed E-state index contributed by atoms with van der Waals surface area (Å²) in [6.07, 6.45) is 7.52. The van der Waals surface area contributed by atoms with Gasteiger partial charge in [0.1, 0.15) is 0 Å². The first-order chi connectivity index (χ1) is 12.2. The molecule has 2 fully saturated rings. The van der Waals surface area contributed by atoms with Gasteiger partial charge >= 0.3 is 6.03 Å². The van der Waals surface area contributed by atoms with E-state index in [4.69, 9.17) is 4.74 Å². The average Bonchev–Trinajstić information content (AvgIpc) is 3.27. The van der Waals surface area contributed by atoms with Crippen molar-refractivity contribution in [3.05, 3.63) is 24.3 Å². The molecule has 3 amide bonds. The molecule has 6 heteroatoms. The maximum Gasteiger partial charge on any atom is 0.319 e. The summed E-state index contributed by atoms with van der Waals surface area (Å²) >= 11 is 0. The molecule has 1 heterocycles. The zero-order valence-electron chi connectivity index (χ0n) is 14.6. The summed E-state index contributed by atoms with van der Waals surface area (Å²) in [5.74, 6) is 0.110. The molecule has 0 aromatic heterocycles. The van der Waals surface area contributed by atoms with E-state index in [2.05, 4.69) is 10.6 Å². The van der Waals surface area contributed by atoms with Crippen LogP contribution >= 0.6 is 0 Å². The Morgan fingerprint density at radius 3 is 2.76 bits per heavy atom. The molecule has 1 saturated carbocycles. The molecule has 6 nitrogen and oxygen atoms in total. The molecule has 1 aromatic carbocycles. The number of amides is 3. The summed E-state index contributed by atoms with van der Waals surface area (Å²) in [6.45, 7) is 1.96. The van der Waals surface area contributed by atoms with Crippen molar-refractivity contribution < 1.29 is 14.3 Å². The van der Waals surface area contributed by atoms with Gasteiger partial charge in [0.2, 0.25) is 5.91 Å². The number of nitrogens with one attached hydrogen (secondary N) is 2. The second-order valence-corrected chi connectivity index (χ2v) is 6.68. The molecular formula is C19H27N3O3. The Labute approximate surface area is 148 Å². The predicted octanol–water partition coefficient (Wildman–Crippen LogP) is 3.28. The number of urea groups is 1. The lowest BCUT2D eigenvalue weighted by Crippen LogP contribution is -2.32. The number of rotatable bonds is 7. The molecule has 2 aliphatic rings. The summed E-state index contributed by atoms with van der Waals surface area (Å²) in [7, 11) is 0. The van der Waals surface area contributed by atoms with Crippen LogP contribution < -0.4 is 15.5 Å². The van der Waals surface area contributed by atoms with E-state index in [1.165, 1.54) is 25.7 Å². The van der Waals surface area contributed by atoms with E-state index in [1.54, 1.807) is 4.90 Å². The van der Waals surface area contributed by atoms with E-state index in [0.29, 0.717) is 37.9 Å². The van der Waals surface area contributed by atoms with Crippen molar-refractivity contribution >= 4 is 23.3 Å². The van der Waals surface area contributed by atoms with Crippen molar-refractivity contribution in [2.45, 2.75) is 51.0 Å². The average molecular weight is 345 g/mol. The molecule has 1 saturated heterocycles. The summed E-state index contributed by atoms with van der Waals surface area (Å²) in [5.41, 5.74) is 1.43. The SMILES string of the molecule is O=C(NCCCOC1CCCC1)Nc1ccccc1N1CCCC1=O. The number of carbonyl (C=O) groups excluding carboxylic acids is 2. The first-order valence-electron chi connectivity index (χ1n) is 9.30. The van der Waals surface area contributed by atoms with Gasteiger partial charge in [0.15, 0.2) is 0 Å². The van der Waals surface area contributed by atoms with Crippen molar-refractivity contribution in [1.29, 1.82) is 0 Å². The minimum absolute atomic E-state index is 0.110. The molecule has 3 rings (SSSR count). The lowest BCUT2D eigenvalue weighted by molar-refractivity contribution is -0.117. The van der Waals surface area contributed by atoms with Gasteiger partial charge < -0.3 is 20.3 Å². The van der Waals surface area contributed by atoms with E-state index < -0.39 is 0 Å². The lowest BCUT2D eigenvalue weighted by atomic mass is 10.2. The van der Waals surface area contributed by atoms with Crippen LogP contribution in [0.2, 0.25) is 0 Å². The molecule has 0 spiro atoms. The molecule has 1 aliphatic carbocycles. The monoisotopic (exact) mass is 345 g/mol. The summed E-state index contributed by atoms with van der Waals surface area (Å²) < 4.78 is 5.79. The van der Waals surface area contributed by atoms with Crippen LogP contribution in [-0.2, 0) is 9.53 Å². The maximum atomic E-state index is 12.1. The Balaban J connectivity index is 1.42. The van der Waals surface area contributed by atoms with Crippen LogP contribution in [0.1, 0.15) is 44.9 Å². The Kier molecular flexibility index (Phi) is 6.28. The van der Waals surface area contributed by atoms with Gasteiger partial charge in [-0.25, -0.2) is 4.79 Å². The Bertz CT molecular complexity index is 599. The van der Waals surface area contributed by atoms with Gasteiger partial charge in [-0.2, -0.15) is 0 Å². The van der Waals surface area contributed by atoms with Crippen LogP contribution in [0.15, 0.2) is 24.3 Å². The highest BCUT2D eigenvalue weighted by Gasteiger charge is 2.24. The first kappa shape index (κ1) is 17.7. The summed E-state index contributed by atoms with van der Waals surface area (Å²) in [6, 6.07) is 7.18. The number of benzene rings is 1. The number of para-hydroxylation sites is 2. The van der Waals surface area contributed by atoms with Crippen molar-refractivity contribution in [2.75, 3.05) is 29.9 Å². The predicted molar refractivity (Wildman–Crippen MR) is 97.9 cm³/mol. The molecule has 0 atom stereocenters. The second kappa shape index (κ2) is 8.85. The van der Waals surface area contributed by atoms with Crippen LogP contribution in [0.5, 0.6) is 0 Å². The molecule has 136 valence electrons. The van der Waals surface area contributed by atoms with Crippen molar-refractivity contribution in [1.82, 2.24) is 5.32 Å². The quantitative estimate of drug-likeness (QED) is 0.745. The van der Waals surface area contributed by atoms with E-state index in [9.17, 15) is 9.59 Å². The standard InChI is InChI=1S/C19H27N3O3/c23-18-11-5-13-22(18)17-10-4-3-9-16(17)21-19(24)20-12-6-14-25-15-7-1-2-8-15/h3-4,9-10,15H,1-2,5-8,11-14H2,(H2,20,21,24). The normalized spacial score (nSPS) is 17.9. The molecule has 1 aromatic rings. The van der Waals surface area contributed by atoms with Gasteiger partial charge in [0.25, 0.3) is 0 Å². The van der Waals surface area contributed by atoms with Crippen LogP contribution in [0.3, 0.4) is 0 Å². The molecule has 1 aliphatic heterocycles. The lowest BCUT2D eigenvalue weighted by Gasteiger charge is -2.20. The molecular weight excluding hydrogens is 318 g/mol. The first-order valence-corrected chi connectivity index (χ1v) is 9.30. The number of nitrogens with zero attached hydrogens (tertiary/aromatic N) is 1. The number of hydrogen-bond donors (Lipinski definition) is 2. The fourth-order valence-electron chi connectivity index (χ4n) is 3.46. The van der Waals surface area contributed by atoms with Crippen LogP contribution in [0, 0.1) is 0 Å². The van der Waals surface area contributed by atoms with E-state index in [1.807, 2.05) is 24.3 Å². The second-order valence-electron chi connectivity index (χ2n) is 6.68. The third-order valence-corrected chi connectivity index (χ3v) is 4.78. The fourth-order valence-corrected chi connectivity index (χ4v) is 3.46. The number of hydrogen-bond acceptors (Lipinski definition) is 3. The summed E-state index contributed by atoms with van der Waals surface area (Å²) in [4.78, 5) is 25.8. The van der Waals surface area contributed by atoms with Gasteiger partial charge in [-0.15, -0.1) is 0 Å². The number of carbonyl (C=O) groups is 2. The van der Waals surface area contributed by atoms with E-state index in [0.717, 1.165) is 18.5 Å². The number of ether oxygens (including phenoxy) is 1. The summed E-state index contributed by atoms with van der Waals surface area (Å²) in [5, 5.41) is 5.71. The Hall–Kier alpha value is -2.08. The topological polar surface area (TPSA) is 70.7 Å². The molecule has 0 radical (unpaired) electrons. The fraction of sp³-hybridized carbons (Fsp3) is 0.579. The third kappa shape index (κ3) is 4.95. The van der Waals surface area contributed by atoms with Crippen molar-refractivity contribution in [2.24, 2.45) is 0 Å². The van der Waals surface area contributed by atoms with Gasteiger partial charge in [-0.1, -0.05) is 25.0 Å². The highest BCUT2D eigenvalue weighted by molar-refractivity contribution is 6.01. The highest BCUT2D eigenvalue weighted by Crippen LogP contribution is 2.29. The van der Waals surface area contributed by atoms with Gasteiger partial charge in [0, 0.05) is 26.1 Å². The molecule has 0 unspecified atom stereocenters. The van der Waals surface area contributed by atoms with Crippen molar-refractivity contribution in [3.63, 3.8) is 0 Å². The molecule has 25 heavy (non-hydrogen) atoms. The zero-order chi connectivity index (χ0) is 17.5. The molecule has 2 N–H and O–H groups in total. The van der Waals surface area contributed by atoms with Crippen LogP contribution in [0.4, 0.5) is 16.2 Å². The van der Waals surface area contributed by atoms with Crippen molar-refractivity contribution in [3.8, 4) is 0 Å². The van der Waals surface area contributed by atoms with Gasteiger partial charge in [-0.3, -0.25) is 4.79 Å². The van der Waals surface area contributed by atoms with Crippen LogP contribution in [0.25, 0.3) is 0 Å². The maximum absolute atomic E-state index is 12.1. The van der Waals surface area contributed by atoms with Crippen LogP contribution in [-0.4, -0.2) is 37.7 Å². The minimum atomic E-state index is -0.250. The van der Waals surface area contributed by atoms with E-state index in [-0.39, 0.29) is 11.9 Å². The van der Waals surface area contributed by atoms with Gasteiger partial charge in [-0.05, 0) is 37.8 Å².